The number of thiazole rings is 1. The number of hydrogen-bond donors (Lipinski definition) is 1. The third-order valence-corrected chi connectivity index (χ3v) is 5.14. The van der Waals surface area contributed by atoms with Crippen LogP contribution in [0.15, 0.2) is 40.9 Å². The summed E-state index contributed by atoms with van der Waals surface area (Å²) in [5.41, 5.74) is 1.98. The van der Waals surface area contributed by atoms with E-state index in [1.54, 1.807) is 17.4 Å². The Bertz CT molecular complexity index is 803. The lowest BCUT2D eigenvalue weighted by molar-refractivity contribution is 0.883. The molecular formula is C15H11BrCl2N2S. The zero-order valence-electron chi connectivity index (χ0n) is 11.0. The van der Waals surface area contributed by atoms with E-state index < -0.39 is 0 Å². The van der Waals surface area contributed by atoms with Gasteiger partial charge in [0, 0.05) is 14.5 Å². The second-order valence-electron chi connectivity index (χ2n) is 4.66. The summed E-state index contributed by atoms with van der Waals surface area (Å²) >= 11 is 17.3. The molecule has 1 aromatic heterocycles. The number of aromatic nitrogens is 1. The van der Waals surface area contributed by atoms with Crippen LogP contribution in [0.2, 0.25) is 10.0 Å². The normalized spacial score (nSPS) is 12.6. The molecule has 21 heavy (non-hydrogen) atoms. The Morgan fingerprint density at radius 1 is 1.19 bits per heavy atom. The fourth-order valence-electron chi connectivity index (χ4n) is 2.08. The lowest BCUT2D eigenvalue weighted by Gasteiger charge is -2.14. The van der Waals surface area contributed by atoms with Crippen molar-refractivity contribution in [3.63, 3.8) is 0 Å². The van der Waals surface area contributed by atoms with Gasteiger partial charge in [-0.1, -0.05) is 56.5 Å². The smallest absolute Gasteiger partial charge is 0.184 e. The van der Waals surface area contributed by atoms with Gasteiger partial charge in [-0.15, -0.1) is 0 Å². The van der Waals surface area contributed by atoms with Crippen molar-refractivity contribution >= 4 is 65.8 Å². The van der Waals surface area contributed by atoms with Gasteiger partial charge in [-0.05, 0) is 42.8 Å². The average Bonchev–Trinajstić information content (AvgIpc) is 2.79. The van der Waals surface area contributed by atoms with Crippen LogP contribution in [0.4, 0.5) is 5.13 Å². The number of fused-ring (bicyclic) bond motifs is 1. The highest BCUT2D eigenvalue weighted by atomic mass is 79.9. The average molecular weight is 402 g/mol. The van der Waals surface area contributed by atoms with Crippen LogP contribution in [0.25, 0.3) is 10.2 Å². The van der Waals surface area contributed by atoms with E-state index in [9.17, 15) is 0 Å². The molecule has 0 aliphatic rings. The molecule has 1 heterocycles. The van der Waals surface area contributed by atoms with Gasteiger partial charge in [0.05, 0.1) is 16.3 Å². The van der Waals surface area contributed by atoms with Crippen LogP contribution in [0, 0.1) is 0 Å². The molecule has 3 aromatic rings. The minimum absolute atomic E-state index is 0.0544. The first-order valence-electron chi connectivity index (χ1n) is 6.30. The standard InChI is InChI=1S/C15H11BrCl2N2S/c1-8(11-4-3-10(17)7-12(11)18)19-15-20-13-6-9(16)2-5-14(13)21-15/h2-8H,1H3,(H,19,20). The van der Waals surface area contributed by atoms with E-state index in [1.165, 1.54) is 0 Å². The van der Waals surface area contributed by atoms with Crippen LogP contribution in [0.3, 0.4) is 0 Å². The maximum atomic E-state index is 6.24. The van der Waals surface area contributed by atoms with E-state index in [-0.39, 0.29) is 6.04 Å². The summed E-state index contributed by atoms with van der Waals surface area (Å²) in [4.78, 5) is 4.59. The first-order valence-corrected chi connectivity index (χ1v) is 8.67. The molecule has 0 radical (unpaired) electrons. The molecular weight excluding hydrogens is 391 g/mol. The molecule has 108 valence electrons. The molecule has 0 aliphatic heterocycles. The zero-order chi connectivity index (χ0) is 15.0. The van der Waals surface area contributed by atoms with Crippen LogP contribution in [0.5, 0.6) is 0 Å². The number of anilines is 1. The van der Waals surface area contributed by atoms with Gasteiger partial charge in [0.25, 0.3) is 0 Å². The highest BCUT2D eigenvalue weighted by Gasteiger charge is 2.12. The molecule has 0 amide bonds. The van der Waals surface area contributed by atoms with Gasteiger partial charge in [0.2, 0.25) is 0 Å². The molecule has 2 nitrogen and oxygen atoms in total. The molecule has 1 N–H and O–H groups in total. The van der Waals surface area contributed by atoms with Crippen LogP contribution in [0.1, 0.15) is 18.5 Å². The zero-order valence-corrected chi connectivity index (χ0v) is 14.9. The second kappa shape index (κ2) is 6.13. The van der Waals surface area contributed by atoms with Crippen molar-refractivity contribution in [2.75, 3.05) is 5.32 Å². The van der Waals surface area contributed by atoms with Crippen LogP contribution in [-0.2, 0) is 0 Å². The summed E-state index contributed by atoms with van der Waals surface area (Å²) in [7, 11) is 0. The molecule has 0 fully saturated rings. The molecule has 1 unspecified atom stereocenters. The monoisotopic (exact) mass is 400 g/mol. The van der Waals surface area contributed by atoms with Crippen molar-refractivity contribution in [1.82, 2.24) is 4.98 Å². The lowest BCUT2D eigenvalue weighted by atomic mass is 10.1. The van der Waals surface area contributed by atoms with Crippen molar-refractivity contribution in [2.24, 2.45) is 0 Å². The van der Waals surface area contributed by atoms with E-state index in [2.05, 4.69) is 39.2 Å². The largest absolute Gasteiger partial charge is 0.355 e. The maximum absolute atomic E-state index is 6.24. The SMILES string of the molecule is CC(Nc1nc2cc(Br)ccc2s1)c1ccc(Cl)cc1Cl. The van der Waals surface area contributed by atoms with E-state index in [0.29, 0.717) is 10.0 Å². The van der Waals surface area contributed by atoms with Gasteiger partial charge < -0.3 is 5.32 Å². The Morgan fingerprint density at radius 2 is 2.00 bits per heavy atom. The number of halogens is 3. The Labute approximate surface area is 145 Å². The summed E-state index contributed by atoms with van der Waals surface area (Å²) in [6.07, 6.45) is 0. The first-order chi connectivity index (χ1) is 10.0. The van der Waals surface area contributed by atoms with Crippen molar-refractivity contribution in [3.8, 4) is 0 Å². The molecule has 0 bridgehead atoms. The van der Waals surface area contributed by atoms with Crippen molar-refractivity contribution in [2.45, 2.75) is 13.0 Å². The topological polar surface area (TPSA) is 24.9 Å². The summed E-state index contributed by atoms with van der Waals surface area (Å²) in [6.45, 7) is 2.05. The Hall–Kier alpha value is -0.810. The Kier molecular flexibility index (Phi) is 4.41. The van der Waals surface area contributed by atoms with Crippen molar-refractivity contribution in [3.05, 3.63) is 56.5 Å². The summed E-state index contributed by atoms with van der Waals surface area (Å²) in [5, 5.41) is 5.57. The number of nitrogens with zero attached hydrogens (tertiary/aromatic N) is 1. The Morgan fingerprint density at radius 3 is 2.76 bits per heavy atom. The quantitative estimate of drug-likeness (QED) is 0.538. The molecule has 6 heteroatoms. The minimum atomic E-state index is 0.0544. The van der Waals surface area contributed by atoms with Gasteiger partial charge in [-0.2, -0.15) is 0 Å². The predicted molar refractivity (Wildman–Crippen MR) is 95.8 cm³/mol. The predicted octanol–water partition coefficient (Wildman–Crippen LogP) is 6.54. The highest BCUT2D eigenvalue weighted by Crippen LogP contribution is 2.32. The number of hydrogen-bond acceptors (Lipinski definition) is 3. The van der Waals surface area contributed by atoms with Crippen LogP contribution < -0.4 is 5.32 Å². The van der Waals surface area contributed by atoms with Crippen LogP contribution in [-0.4, -0.2) is 4.98 Å². The summed E-state index contributed by atoms with van der Waals surface area (Å²) in [6, 6.07) is 11.7. The molecule has 3 rings (SSSR count). The first kappa shape index (κ1) is 15.1. The van der Waals surface area contributed by atoms with E-state index in [1.807, 2.05) is 24.3 Å². The fraction of sp³-hybridized carbons (Fsp3) is 0.133. The molecule has 0 saturated carbocycles. The van der Waals surface area contributed by atoms with E-state index in [0.717, 1.165) is 25.4 Å². The van der Waals surface area contributed by atoms with Crippen molar-refractivity contribution < 1.29 is 0 Å². The number of nitrogens with one attached hydrogen (secondary N) is 1. The van der Waals surface area contributed by atoms with Crippen molar-refractivity contribution in [1.29, 1.82) is 0 Å². The van der Waals surface area contributed by atoms with Gasteiger partial charge >= 0.3 is 0 Å². The fourth-order valence-corrected chi connectivity index (χ4v) is 3.93. The molecule has 0 saturated heterocycles. The highest BCUT2D eigenvalue weighted by molar-refractivity contribution is 9.10. The van der Waals surface area contributed by atoms with Crippen LogP contribution >= 0.6 is 50.5 Å². The summed E-state index contributed by atoms with van der Waals surface area (Å²) in [5.74, 6) is 0. The number of benzene rings is 2. The minimum Gasteiger partial charge on any atom is -0.355 e. The molecule has 0 spiro atoms. The number of rotatable bonds is 3. The third-order valence-electron chi connectivity index (χ3n) is 3.12. The van der Waals surface area contributed by atoms with E-state index >= 15 is 0 Å². The van der Waals surface area contributed by atoms with Gasteiger partial charge in [-0.25, -0.2) is 4.98 Å². The van der Waals surface area contributed by atoms with Gasteiger partial charge in [-0.3, -0.25) is 0 Å². The lowest BCUT2D eigenvalue weighted by Crippen LogP contribution is -2.06. The van der Waals surface area contributed by atoms with Gasteiger partial charge in [0.15, 0.2) is 5.13 Å². The van der Waals surface area contributed by atoms with E-state index in [4.69, 9.17) is 23.2 Å². The molecule has 0 aliphatic carbocycles. The summed E-state index contributed by atoms with van der Waals surface area (Å²) < 4.78 is 2.18. The molecule has 2 aromatic carbocycles. The molecule has 1 atom stereocenters. The second-order valence-corrected chi connectivity index (χ2v) is 7.45. The Balaban J connectivity index is 1.87. The maximum Gasteiger partial charge on any atom is 0.184 e. The third kappa shape index (κ3) is 3.34. The van der Waals surface area contributed by atoms with Gasteiger partial charge in [0.1, 0.15) is 0 Å².